The number of carbonyl (C=O) groups is 1. The predicted octanol–water partition coefficient (Wildman–Crippen LogP) is 0.834. The second-order valence-electron chi connectivity index (χ2n) is 2.59. The van der Waals surface area contributed by atoms with Gasteiger partial charge in [0.05, 0.1) is 11.3 Å². The molecule has 0 saturated carbocycles. The summed E-state index contributed by atoms with van der Waals surface area (Å²) in [6.45, 7) is 3.32. The van der Waals surface area contributed by atoms with Crippen molar-refractivity contribution in [1.29, 1.82) is 0 Å². The Bertz CT molecular complexity index is 396. The molecule has 0 bridgehead atoms. The molecule has 0 aromatic carbocycles. The quantitative estimate of drug-likeness (QED) is 0.446. The maximum atomic E-state index is 11.2. The molecule has 1 amide bonds. The van der Waals surface area contributed by atoms with E-state index in [0.29, 0.717) is 5.69 Å². The van der Waals surface area contributed by atoms with Crippen LogP contribution < -0.4 is 5.32 Å². The summed E-state index contributed by atoms with van der Waals surface area (Å²) in [6, 6.07) is 5.18. The first kappa shape index (κ1) is 10.8. The molecule has 4 heteroatoms. The van der Waals surface area contributed by atoms with Crippen LogP contribution in [0, 0.1) is 0 Å². The first-order valence-corrected chi connectivity index (χ1v) is 4.20. The van der Waals surface area contributed by atoms with E-state index in [4.69, 9.17) is 0 Å². The molecule has 0 unspecified atom stereocenters. The number of carbonyl (C=O) groups excluding carboxylic acids is 2. The van der Waals surface area contributed by atoms with Crippen molar-refractivity contribution >= 4 is 18.3 Å². The van der Waals surface area contributed by atoms with Gasteiger partial charge < -0.3 is 5.32 Å². The van der Waals surface area contributed by atoms with E-state index in [1.807, 2.05) is 0 Å². The van der Waals surface area contributed by atoms with E-state index >= 15 is 0 Å². The van der Waals surface area contributed by atoms with Crippen LogP contribution >= 0.6 is 0 Å². The molecular weight excluding hydrogens is 192 g/mol. The molecule has 0 aliphatic carbocycles. The van der Waals surface area contributed by atoms with Crippen molar-refractivity contribution < 1.29 is 9.59 Å². The molecule has 1 heterocycles. The third kappa shape index (κ3) is 3.19. The van der Waals surface area contributed by atoms with Crippen LogP contribution in [0.2, 0.25) is 0 Å². The van der Waals surface area contributed by atoms with Crippen LogP contribution in [0.4, 0.5) is 0 Å². The molecular formula is C11H9N2O2. The van der Waals surface area contributed by atoms with Gasteiger partial charge in [0.25, 0.3) is 5.91 Å². The summed E-state index contributed by atoms with van der Waals surface area (Å²) < 4.78 is 0. The molecule has 0 aliphatic rings. The molecule has 0 saturated heterocycles. The lowest BCUT2D eigenvalue weighted by molar-refractivity contribution is -0.116. The lowest BCUT2D eigenvalue weighted by Gasteiger charge is -1.97. The maximum absolute atomic E-state index is 11.2. The molecule has 0 fully saturated rings. The third-order valence-corrected chi connectivity index (χ3v) is 1.57. The number of nitrogens with zero attached hydrogens (tertiary/aromatic N) is 1. The highest BCUT2D eigenvalue weighted by molar-refractivity contribution is 6.14. The van der Waals surface area contributed by atoms with Crippen molar-refractivity contribution in [3.05, 3.63) is 48.4 Å². The van der Waals surface area contributed by atoms with Crippen LogP contribution in [0.5, 0.6) is 0 Å². The fourth-order valence-electron chi connectivity index (χ4n) is 0.921. The van der Waals surface area contributed by atoms with Gasteiger partial charge >= 0.3 is 0 Å². The predicted molar refractivity (Wildman–Crippen MR) is 56.2 cm³/mol. The van der Waals surface area contributed by atoms with E-state index in [9.17, 15) is 9.59 Å². The molecule has 0 atom stereocenters. The number of nitrogens with one attached hydrogen (secondary N) is 1. The minimum Gasteiger partial charge on any atom is -0.329 e. The Morgan fingerprint density at radius 1 is 1.53 bits per heavy atom. The summed E-state index contributed by atoms with van der Waals surface area (Å²) >= 11 is 0. The first-order valence-electron chi connectivity index (χ1n) is 4.20. The number of amides is 1. The zero-order valence-electron chi connectivity index (χ0n) is 7.93. The van der Waals surface area contributed by atoms with E-state index in [1.165, 1.54) is 12.3 Å². The van der Waals surface area contributed by atoms with Gasteiger partial charge in [0.15, 0.2) is 0 Å². The number of hydrogen-bond donors (Lipinski definition) is 1. The van der Waals surface area contributed by atoms with Crippen molar-refractivity contribution in [2.24, 2.45) is 0 Å². The Labute approximate surface area is 87.3 Å². The van der Waals surface area contributed by atoms with Crippen LogP contribution in [-0.2, 0) is 9.59 Å². The highest BCUT2D eigenvalue weighted by atomic mass is 16.2. The summed E-state index contributed by atoms with van der Waals surface area (Å²) in [7, 11) is 0. The molecule has 0 aliphatic heterocycles. The highest BCUT2D eigenvalue weighted by Crippen LogP contribution is 2.01. The molecule has 1 aromatic rings. The lowest BCUT2D eigenvalue weighted by atomic mass is 10.2. The van der Waals surface area contributed by atoms with E-state index < -0.39 is 5.91 Å². The zero-order valence-corrected chi connectivity index (χ0v) is 7.93. The Morgan fingerprint density at radius 2 is 2.33 bits per heavy atom. The Kier molecular flexibility index (Phi) is 3.97. The van der Waals surface area contributed by atoms with Gasteiger partial charge in [0, 0.05) is 6.20 Å². The van der Waals surface area contributed by atoms with Gasteiger partial charge in [-0.05, 0) is 24.4 Å². The SMILES string of the molecule is C=CNC(=O)C([C]=O)=Cc1ccccn1. The smallest absolute Gasteiger partial charge is 0.259 e. The standard InChI is InChI=1S/C11H9N2O2/c1-2-12-11(15)9(8-14)7-10-5-3-4-6-13-10/h2-7H,1H2,(H,12,15). The van der Waals surface area contributed by atoms with Crippen LogP contribution in [0.1, 0.15) is 5.69 Å². The van der Waals surface area contributed by atoms with Gasteiger partial charge in [-0.2, -0.15) is 0 Å². The fraction of sp³-hybridized carbons (Fsp3) is 0. The Hall–Kier alpha value is -2.23. The summed E-state index contributed by atoms with van der Waals surface area (Å²) in [4.78, 5) is 25.7. The first-order chi connectivity index (χ1) is 7.27. The van der Waals surface area contributed by atoms with Gasteiger partial charge in [0.2, 0.25) is 6.29 Å². The van der Waals surface area contributed by atoms with Crippen LogP contribution in [0.15, 0.2) is 42.7 Å². The average Bonchev–Trinajstić information content (AvgIpc) is 2.27. The minimum atomic E-state index is -0.550. The molecule has 4 nitrogen and oxygen atoms in total. The van der Waals surface area contributed by atoms with E-state index in [2.05, 4.69) is 16.9 Å². The van der Waals surface area contributed by atoms with Gasteiger partial charge in [0.1, 0.15) is 0 Å². The molecule has 0 spiro atoms. The normalized spacial score (nSPS) is 10.5. The van der Waals surface area contributed by atoms with Gasteiger partial charge in [-0.1, -0.05) is 12.6 Å². The number of pyridine rings is 1. The molecule has 1 rings (SSSR count). The monoisotopic (exact) mass is 201 g/mol. The lowest BCUT2D eigenvalue weighted by Crippen LogP contribution is -2.19. The Morgan fingerprint density at radius 3 is 2.87 bits per heavy atom. The van der Waals surface area contributed by atoms with Gasteiger partial charge in [-0.25, -0.2) is 0 Å². The van der Waals surface area contributed by atoms with Gasteiger partial charge in [-0.3, -0.25) is 14.6 Å². The van der Waals surface area contributed by atoms with Crippen LogP contribution in [0.25, 0.3) is 6.08 Å². The number of hydrogen-bond acceptors (Lipinski definition) is 3. The molecule has 1 aromatic heterocycles. The van der Waals surface area contributed by atoms with Crippen molar-refractivity contribution in [1.82, 2.24) is 10.3 Å². The molecule has 75 valence electrons. The summed E-state index contributed by atoms with van der Waals surface area (Å²) in [5.74, 6) is -0.550. The number of rotatable bonds is 4. The molecule has 1 radical (unpaired) electrons. The summed E-state index contributed by atoms with van der Waals surface area (Å²) in [6.07, 6.45) is 5.67. The highest BCUT2D eigenvalue weighted by Gasteiger charge is 2.07. The van der Waals surface area contributed by atoms with Crippen molar-refractivity contribution in [2.45, 2.75) is 0 Å². The fourth-order valence-corrected chi connectivity index (χ4v) is 0.921. The third-order valence-electron chi connectivity index (χ3n) is 1.57. The van der Waals surface area contributed by atoms with E-state index in [-0.39, 0.29) is 5.57 Å². The van der Waals surface area contributed by atoms with Crippen LogP contribution in [-0.4, -0.2) is 17.2 Å². The van der Waals surface area contributed by atoms with Crippen molar-refractivity contribution in [3.63, 3.8) is 0 Å². The largest absolute Gasteiger partial charge is 0.329 e. The average molecular weight is 201 g/mol. The second-order valence-corrected chi connectivity index (χ2v) is 2.59. The Balaban J connectivity index is 2.92. The van der Waals surface area contributed by atoms with E-state index in [0.717, 1.165) is 0 Å². The molecule has 1 N–H and O–H groups in total. The second kappa shape index (κ2) is 5.49. The minimum absolute atomic E-state index is 0.117. The summed E-state index contributed by atoms with van der Waals surface area (Å²) in [5.41, 5.74) is 0.406. The van der Waals surface area contributed by atoms with Crippen molar-refractivity contribution in [2.75, 3.05) is 0 Å². The van der Waals surface area contributed by atoms with Crippen LogP contribution in [0.3, 0.4) is 0 Å². The number of aromatic nitrogens is 1. The topological polar surface area (TPSA) is 59.1 Å². The summed E-state index contributed by atoms with van der Waals surface area (Å²) in [5, 5.41) is 2.28. The zero-order chi connectivity index (χ0) is 11.1. The maximum Gasteiger partial charge on any atom is 0.259 e. The van der Waals surface area contributed by atoms with E-state index in [1.54, 1.807) is 30.7 Å². The van der Waals surface area contributed by atoms with Gasteiger partial charge in [-0.15, -0.1) is 0 Å². The molecule has 15 heavy (non-hydrogen) atoms. The van der Waals surface area contributed by atoms with Crippen molar-refractivity contribution in [3.8, 4) is 0 Å².